The van der Waals surface area contributed by atoms with Gasteiger partial charge < -0.3 is 14.7 Å². The van der Waals surface area contributed by atoms with Gasteiger partial charge in [-0.1, -0.05) is 279 Å². The second kappa shape index (κ2) is 25.4. The van der Waals surface area contributed by atoms with E-state index in [2.05, 4.69) is 397 Å². The topological polar surface area (TPSA) is 9.72 Å². The van der Waals surface area contributed by atoms with Gasteiger partial charge in [0.15, 0.2) is 0 Å². The highest BCUT2D eigenvalue weighted by Gasteiger charge is 2.19. The molecule has 91 heavy (non-hydrogen) atoms. The third-order valence-corrected chi connectivity index (χ3v) is 17.3. The molecule has 0 heterocycles. The predicted molar refractivity (Wildman–Crippen MR) is 386 cm³/mol. The molecule has 3 heteroatoms. The Morgan fingerprint density at radius 3 is 0.538 bits per heavy atom. The maximum atomic E-state index is 2.39. The van der Waals surface area contributed by atoms with Gasteiger partial charge in [-0.05, 0) is 186 Å². The lowest BCUT2D eigenvalue weighted by molar-refractivity contribution is 1.28. The molecule has 0 amide bonds. The maximum Gasteiger partial charge on any atom is 0.0540 e. The number of hydrogen-bond donors (Lipinski definition) is 0. The molecule has 0 aliphatic carbocycles. The van der Waals surface area contributed by atoms with E-state index < -0.39 is 0 Å². The molecule has 0 atom stereocenters. The van der Waals surface area contributed by atoms with Crippen molar-refractivity contribution in [3.05, 3.63) is 382 Å². The molecule has 0 N–H and O–H groups in total. The molecule has 0 unspecified atom stereocenters. The van der Waals surface area contributed by atoms with Gasteiger partial charge in [0.1, 0.15) is 0 Å². The zero-order valence-electron chi connectivity index (χ0n) is 50.2. The van der Waals surface area contributed by atoms with Crippen molar-refractivity contribution in [3.63, 3.8) is 0 Å². The first-order chi connectivity index (χ1) is 45.1. The molecule has 0 saturated carbocycles. The Hall–Kier alpha value is -12.0. The summed E-state index contributed by atoms with van der Waals surface area (Å²) in [4.78, 5) is 7.06. The van der Waals surface area contributed by atoms with Crippen LogP contribution < -0.4 is 14.7 Å². The second-order valence-electron chi connectivity index (χ2n) is 22.9. The van der Waals surface area contributed by atoms with Crippen molar-refractivity contribution in [2.75, 3.05) is 14.7 Å². The highest BCUT2D eigenvalue weighted by molar-refractivity contribution is 5.99. The van der Waals surface area contributed by atoms with E-state index in [0.29, 0.717) is 0 Å². The summed E-state index contributed by atoms with van der Waals surface area (Å²) in [5, 5.41) is 2.38. The number of rotatable bonds is 16. The van der Waals surface area contributed by atoms with Crippen LogP contribution in [0.2, 0.25) is 0 Å². The third-order valence-electron chi connectivity index (χ3n) is 17.3. The van der Waals surface area contributed by atoms with Crippen LogP contribution in [0, 0.1) is 0 Å². The molecule has 0 spiro atoms. The molecule has 0 radical (unpaired) electrons. The minimum absolute atomic E-state index is 1.08. The van der Waals surface area contributed by atoms with Gasteiger partial charge in [0, 0.05) is 50.9 Å². The van der Waals surface area contributed by atoms with Gasteiger partial charge in [-0.2, -0.15) is 0 Å². The Balaban J connectivity index is 0.688. The van der Waals surface area contributed by atoms with E-state index in [9.17, 15) is 0 Å². The Morgan fingerprint density at radius 2 is 0.297 bits per heavy atom. The highest BCUT2D eigenvalue weighted by atomic mass is 15.2. The number of anilines is 9. The average Bonchev–Trinajstić information content (AvgIpc) is 1.69. The molecule has 0 fully saturated rings. The fourth-order valence-corrected chi connectivity index (χ4v) is 12.5. The zero-order chi connectivity index (χ0) is 60.7. The number of fused-ring (bicyclic) bond motifs is 1. The van der Waals surface area contributed by atoms with E-state index >= 15 is 0 Å². The summed E-state index contributed by atoms with van der Waals surface area (Å²) in [5.74, 6) is 0. The maximum absolute atomic E-state index is 2.39. The lowest BCUT2D eigenvalue weighted by atomic mass is 9.99. The second-order valence-corrected chi connectivity index (χ2v) is 22.9. The standard InChI is InChI=1S/C88H63N3/c1-5-16-64(17-6-1)70-32-48-79(49-33-70)89(80-50-34-71(35-51-80)65-18-7-2-8-19-65)83-56-40-74(41-57-83)68-28-30-69(31-29-68)75-44-60-85(61-45-75)91(88-27-15-25-78-24-13-14-26-87(78)88)86-62-46-77(47-63-86)76-42-58-84(59-43-76)90(81-52-36-72(37-53-81)66-20-9-3-10-21-66)82-54-38-73(39-55-82)67-22-11-4-12-23-67/h1-63H. The van der Waals surface area contributed by atoms with E-state index in [0.717, 1.165) is 84.6 Å². The van der Waals surface area contributed by atoms with Gasteiger partial charge in [0.25, 0.3) is 0 Å². The van der Waals surface area contributed by atoms with Gasteiger partial charge >= 0.3 is 0 Å². The van der Waals surface area contributed by atoms with Gasteiger partial charge in [-0.25, -0.2) is 0 Å². The Labute approximate surface area is 533 Å². The van der Waals surface area contributed by atoms with Crippen LogP contribution in [0.5, 0.6) is 0 Å². The summed E-state index contributed by atoms with van der Waals surface area (Å²) < 4.78 is 0. The van der Waals surface area contributed by atoms with Gasteiger partial charge in [-0.3, -0.25) is 0 Å². The van der Waals surface area contributed by atoms with E-state index in [1.54, 1.807) is 0 Å². The van der Waals surface area contributed by atoms with Crippen LogP contribution in [0.15, 0.2) is 382 Å². The minimum Gasteiger partial charge on any atom is -0.311 e. The monoisotopic (exact) mass is 1160 g/mol. The van der Waals surface area contributed by atoms with E-state index in [4.69, 9.17) is 0 Å². The fraction of sp³-hybridized carbons (Fsp3) is 0. The van der Waals surface area contributed by atoms with Crippen LogP contribution in [0.1, 0.15) is 0 Å². The molecule has 0 aliphatic heterocycles. The number of benzene rings is 15. The van der Waals surface area contributed by atoms with Gasteiger partial charge in [-0.15, -0.1) is 0 Å². The summed E-state index contributed by atoms with van der Waals surface area (Å²) in [6, 6.07) is 138. The molecule has 15 aromatic carbocycles. The molecule has 0 aromatic heterocycles. The number of hydrogen-bond acceptors (Lipinski definition) is 3. The molecule has 430 valence electrons. The normalized spacial score (nSPS) is 11.1. The van der Waals surface area contributed by atoms with Crippen molar-refractivity contribution < 1.29 is 0 Å². The van der Waals surface area contributed by atoms with Crippen molar-refractivity contribution >= 4 is 62.0 Å². The lowest BCUT2D eigenvalue weighted by Crippen LogP contribution is -2.10. The molecule has 15 rings (SSSR count). The van der Waals surface area contributed by atoms with E-state index in [1.165, 1.54) is 55.3 Å². The van der Waals surface area contributed by atoms with Crippen LogP contribution in [0.25, 0.3) is 88.7 Å². The van der Waals surface area contributed by atoms with Crippen LogP contribution in [0.4, 0.5) is 51.2 Å². The molecule has 0 saturated heterocycles. The van der Waals surface area contributed by atoms with Crippen LogP contribution in [-0.4, -0.2) is 0 Å². The Kier molecular flexibility index (Phi) is 15.5. The summed E-state index contributed by atoms with van der Waals surface area (Å²) >= 11 is 0. The van der Waals surface area contributed by atoms with Crippen molar-refractivity contribution in [1.29, 1.82) is 0 Å². The van der Waals surface area contributed by atoms with Crippen molar-refractivity contribution in [3.8, 4) is 77.9 Å². The molecular weight excluding hydrogens is 1100 g/mol. The largest absolute Gasteiger partial charge is 0.311 e. The minimum atomic E-state index is 1.08. The summed E-state index contributed by atoms with van der Waals surface area (Å²) in [6.07, 6.45) is 0. The van der Waals surface area contributed by atoms with Crippen LogP contribution in [0.3, 0.4) is 0 Å². The lowest BCUT2D eigenvalue weighted by Gasteiger charge is -2.27. The van der Waals surface area contributed by atoms with Crippen molar-refractivity contribution in [2.45, 2.75) is 0 Å². The van der Waals surface area contributed by atoms with Gasteiger partial charge in [0.05, 0.1) is 5.69 Å². The van der Waals surface area contributed by atoms with Crippen molar-refractivity contribution in [1.82, 2.24) is 0 Å². The molecule has 3 nitrogen and oxygen atoms in total. The van der Waals surface area contributed by atoms with Crippen LogP contribution >= 0.6 is 0 Å². The molecule has 0 bridgehead atoms. The quantitative estimate of drug-likeness (QED) is 0.0955. The molecule has 15 aromatic rings. The van der Waals surface area contributed by atoms with Gasteiger partial charge in [0.2, 0.25) is 0 Å². The summed E-state index contributed by atoms with van der Waals surface area (Å²) in [7, 11) is 0. The molecule has 0 aliphatic rings. The first-order valence-corrected chi connectivity index (χ1v) is 31.1. The summed E-state index contributed by atoms with van der Waals surface area (Å²) in [5.41, 5.74) is 26.3. The van der Waals surface area contributed by atoms with E-state index in [1.807, 2.05) is 0 Å². The smallest absolute Gasteiger partial charge is 0.0540 e. The summed E-state index contributed by atoms with van der Waals surface area (Å²) in [6.45, 7) is 0. The zero-order valence-corrected chi connectivity index (χ0v) is 50.2. The van der Waals surface area contributed by atoms with E-state index in [-0.39, 0.29) is 0 Å². The van der Waals surface area contributed by atoms with Crippen molar-refractivity contribution in [2.24, 2.45) is 0 Å². The fourth-order valence-electron chi connectivity index (χ4n) is 12.5. The Morgan fingerprint density at radius 1 is 0.121 bits per heavy atom. The SMILES string of the molecule is c1ccc(-c2ccc(N(c3ccc(-c4ccccc4)cc3)c3ccc(-c4ccc(-c5ccc(N(c6ccc(-c7ccc(N(c8ccc(-c9ccccc9)cc8)c8ccc(-c9ccccc9)cc8)cc7)cc6)c6cccc7ccccc67)cc5)cc4)cc3)cc2)cc1. The third kappa shape index (κ3) is 11.8. The molecular formula is C88H63N3. The Bertz CT molecular complexity index is 4690. The first-order valence-electron chi connectivity index (χ1n) is 31.1. The first kappa shape index (κ1) is 55.5. The highest BCUT2D eigenvalue weighted by Crippen LogP contribution is 2.43. The predicted octanol–water partition coefficient (Wildman–Crippen LogP) is 24.9. The number of nitrogens with zero attached hydrogens (tertiary/aromatic N) is 3. The van der Waals surface area contributed by atoms with Crippen LogP contribution in [-0.2, 0) is 0 Å². The average molecular weight is 1160 g/mol.